The van der Waals surface area contributed by atoms with E-state index in [0.29, 0.717) is 16.8 Å². The summed E-state index contributed by atoms with van der Waals surface area (Å²) < 4.78 is 0. The van der Waals surface area contributed by atoms with E-state index in [1.807, 2.05) is 0 Å². The Balaban J connectivity index is 3.44. The van der Waals surface area contributed by atoms with Crippen molar-refractivity contribution in [1.82, 2.24) is 0 Å². The minimum Gasteiger partial charge on any atom is -0.399 e. The van der Waals surface area contributed by atoms with Crippen LogP contribution in [0.2, 0.25) is 0 Å². The van der Waals surface area contributed by atoms with Crippen molar-refractivity contribution in [3.8, 4) is 12.3 Å². The number of hydrogen-bond donors (Lipinski definition) is 1. The van der Waals surface area contributed by atoms with Gasteiger partial charge >= 0.3 is 0 Å². The molecule has 0 bridgehead atoms. The van der Waals surface area contributed by atoms with Gasteiger partial charge in [0.05, 0.1) is 0 Å². The number of hydrogen-bond acceptors (Lipinski definition) is 2. The van der Waals surface area contributed by atoms with Gasteiger partial charge in [-0.25, -0.2) is 0 Å². The molecule has 12 heavy (non-hydrogen) atoms. The lowest BCUT2D eigenvalue weighted by Crippen LogP contribution is -1.95. The number of rotatable bonds is 1. The van der Waals surface area contributed by atoms with Gasteiger partial charge < -0.3 is 5.73 Å². The fourth-order valence-electron chi connectivity index (χ4n) is 1.03. The van der Waals surface area contributed by atoms with Crippen LogP contribution in [0.5, 0.6) is 0 Å². The van der Waals surface area contributed by atoms with Crippen LogP contribution >= 0.6 is 0 Å². The molecular weight excluding hydrogens is 150 g/mol. The van der Waals surface area contributed by atoms with E-state index >= 15 is 0 Å². The molecule has 1 aromatic carbocycles. The molecule has 0 aromatic heterocycles. The van der Waals surface area contributed by atoms with Crippen LogP contribution in [0.3, 0.4) is 0 Å². The summed E-state index contributed by atoms with van der Waals surface area (Å²) in [6.45, 7) is 1.80. The molecule has 0 radical (unpaired) electrons. The van der Waals surface area contributed by atoms with Crippen molar-refractivity contribution in [2.24, 2.45) is 0 Å². The first-order valence-corrected chi connectivity index (χ1v) is 3.51. The summed E-state index contributed by atoms with van der Waals surface area (Å²) in [7, 11) is 0. The number of nitrogen functional groups attached to an aromatic ring is 1. The van der Waals surface area contributed by atoms with Crippen LogP contribution in [-0.2, 0) is 0 Å². The maximum atomic E-state index is 10.5. The lowest BCUT2D eigenvalue weighted by atomic mass is 10.0. The number of aldehydes is 1. The van der Waals surface area contributed by atoms with E-state index in [2.05, 4.69) is 5.92 Å². The summed E-state index contributed by atoms with van der Waals surface area (Å²) in [5.41, 5.74) is 8.09. The average molecular weight is 159 g/mol. The number of benzene rings is 1. The van der Waals surface area contributed by atoms with Gasteiger partial charge in [0.25, 0.3) is 0 Å². The summed E-state index contributed by atoms with van der Waals surface area (Å²) in [6.07, 6.45) is 5.98. The van der Waals surface area contributed by atoms with Crippen LogP contribution < -0.4 is 5.73 Å². The summed E-state index contributed by atoms with van der Waals surface area (Å²) in [4.78, 5) is 10.5. The Morgan fingerprint density at radius 3 is 2.75 bits per heavy atom. The molecule has 0 saturated carbocycles. The molecule has 0 aliphatic heterocycles. The molecular formula is C10H9NO. The van der Waals surface area contributed by atoms with Crippen molar-refractivity contribution in [2.75, 3.05) is 5.73 Å². The van der Waals surface area contributed by atoms with E-state index in [-0.39, 0.29) is 0 Å². The molecule has 1 rings (SSSR count). The minimum atomic E-state index is 0.524. The Kier molecular flexibility index (Phi) is 2.16. The minimum absolute atomic E-state index is 0.524. The first-order chi connectivity index (χ1) is 5.69. The van der Waals surface area contributed by atoms with Crippen LogP contribution in [0.1, 0.15) is 21.5 Å². The van der Waals surface area contributed by atoms with Gasteiger partial charge in [-0.3, -0.25) is 4.79 Å². The second kappa shape index (κ2) is 3.10. The van der Waals surface area contributed by atoms with Crippen LogP contribution in [0.15, 0.2) is 12.1 Å². The molecule has 60 valence electrons. The highest BCUT2D eigenvalue weighted by atomic mass is 16.1. The van der Waals surface area contributed by atoms with Crippen molar-refractivity contribution in [3.05, 3.63) is 28.8 Å². The Morgan fingerprint density at radius 1 is 1.58 bits per heavy atom. The smallest absolute Gasteiger partial charge is 0.150 e. The molecule has 1 aromatic rings. The first kappa shape index (κ1) is 8.35. The normalized spacial score (nSPS) is 9.00. The third-order valence-corrected chi connectivity index (χ3v) is 1.75. The number of carbonyl (C=O) groups is 1. The van der Waals surface area contributed by atoms with Crippen molar-refractivity contribution in [2.45, 2.75) is 6.92 Å². The first-order valence-electron chi connectivity index (χ1n) is 3.51. The van der Waals surface area contributed by atoms with E-state index < -0.39 is 0 Å². The summed E-state index contributed by atoms with van der Waals surface area (Å²) in [5, 5.41) is 0. The molecule has 2 heteroatoms. The quantitative estimate of drug-likeness (QED) is 0.382. The summed E-state index contributed by atoms with van der Waals surface area (Å²) in [5.74, 6) is 2.47. The lowest BCUT2D eigenvalue weighted by Gasteiger charge is -2.03. The number of terminal acetylenes is 1. The molecule has 0 amide bonds. The fourth-order valence-corrected chi connectivity index (χ4v) is 1.03. The summed E-state index contributed by atoms with van der Waals surface area (Å²) in [6, 6.07) is 3.30. The second-order valence-electron chi connectivity index (χ2n) is 2.54. The molecule has 0 aliphatic carbocycles. The standard InChI is InChI=1S/C10H9NO/c1-3-8-4-10(11)5-9(6-12)7(8)2/h1,4-6H,11H2,2H3. The largest absolute Gasteiger partial charge is 0.399 e. The highest BCUT2D eigenvalue weighted by molar-refractivity contribution is 5.80. The van der Waals surface area contributed by atoms with Gasteiger partial charge in [-0.05, 0) is 24.6 Å². The molecule has 0 aliphatic rings. The predicted molar refractivity (Wildman–Crippen MR) is 48.9 cm³/mol. The van der Waals surface area contributed by atoms with Gasteiger partial charge in [-0.1, -0.05) is 5.92 Å². The Bertz CT molecular complexity index is 361. The molecule has 0 saturated heterocycles. The van der Waals surface area contributed by atoms with Gasteiger partial charge in [0.2, 0.25) is 0 Å². The maximum Gasteiger partial charge on any atom is 0.150 e. The van der Waals surface area contributed by atoms with Crippen LogP contribution in [0.4, 0.5) is 5.69 Å². The van der Waals surface area contributed by atoms with E-state index in [1.165, 1.54) is 0 Å². The number of nitrogens with two attached hydrogens (primary N) is 1. The van der Waals surface area contributed by atoms with Crippen LogP contribution in [0.25, 0.3) is 0 Å². The molecule has 2 nitrogen and oxygen atoms in total. The Hall–Kier alpha value is -1.75. The highest BCUT2D eigenvalue weighted by Gasteiger charge is 2.02. The van der Waals surface area contributed by atoms with Gasteiger partial charge in [0.15, 0.2) is 0 Å². The van der Waals surface area contributed by atoms with E-state index in [0.717, 1.165) is 11.8 Å². The Morgan fingerprint density at radius 2 is 2.25 bits per heavy atom. The number of anilines is 1. The SMILES string of the molecule is C#Cc1cc(N)cc(C=O)c1C. The van der Waals surface area contributed by atoms with Crippen LogP contribution in [-0.4, -0.2) is 6.29 Å². The highest BCUT2D eigenvalue weighted by Crippen LogP contribution is 2.15. The van der Waals surface area contributed by atoms with Crippen LogP contribution in [0, 0.1) is 19.3 Å². The maximum absolute atomic E-state index is 10.5. The zero-order valence-corrected chi connectivity index (χ0v) is 6.79. The van der Waals surface area contributed by atoms with E-state index in [4.69, 9.17) is 12.2 Å². The zero-order chi connectivity index (χ0) is 9.14. The molecule has 2 N–H and O–H groups in total. The third-order valence-electron chi connectivity index (χ3n) is 1.75. The topological polar surface area (TPSA) is 43.1 Å². The third kappa shape index (κ3) is 1.30. The molecule has 0 heterocycles. The van der Waals surface area contributed by atoms with Crippen molar-refractivity contribution in [1.29, 1.82) is 0 Å². The second-order valence-corrected chi connectivity index (χ2v) is 2.54. The Labute approximate surface area is 71.4 Å². The molecule has 0 fully saturated rings. The van der Waals surface area contributed by atoms with Gasteiger partial charge in [0.1, 0.15) is 6.29 Å². The summed E-state index contributed by atoms with van der Waals surface area (Å²) >= 11 is 0. The predicted octanol–water partition coefficient (Wildman–Crippen LogP) is 1.37. The molecule has 0 unspecified atom stereocenters. The van der Waals surface area contributed by atoms with Crippen molar-refractivity contribution >= 4 is 12.0 Å². The fraction of sp³-hybridized carbons (Fsp3) is 0.100. The monoisotopic (exact) mass is 159 g/mol. The molecule has 0 spiro atoms. The average Bonchev–Trinajstić information content (AvgIpc) is 2.08. The van der Waals surface area contributed by atoms with Crippen molar-refractivity contribution < 1.29 is 4.79 Å². The van der Waals surface area contributed by atoms with E-state index in [1.54, 1.807) is 19.1 Å². The van der Waals surface area contributed by atoms with Gasteiger partial charge in [-0.2, -0.15) is 0 Å². The molecule has 0 atom stereocenters. The van der Waals surface area contributed by atoms with E-state index in [9.17, 15) is 4.79 Å². The zero-order valence-electron chi connectivity index (χ0n) is 6.79. The van der Waals surface area contributed by atoms with Crippen molar-refractivity contribution in [3.63, 3.8) is 0 Å². The lowest BCUT2D eigenvalue weighted by molar-refractivity contribution is 0.112. The van der Waals surface area contributed by atoms with Gasteiger partial charge in [0, 0.05) is 16.8 Å². The van der Waals surface area contributed by atoms with Gasteiger partial charge in [-0.15, -0.1) is 6.42 Å². The number of carbonyl (C=O) groups excluding carboxylic acids is 1.